The first-order valence-corrected chi connectivity index (χ1v) is 11.8. The molecule has 0 atom stereocenters. The van der Waals surface area contributed by atoms with Crippen LogP contribution in [-0.2, 0) is 10.0 Å². The van der Waals surface area contributed by atoms with E-state index < -0.39 is 10.0 Å². The average molecular weight is 443 g/mol. The Kier molecular flexibility index (Phi) is 6.19. The summed E-state index contributed by atoms with van der Waals surface area (Å²) >= 11 is 0. The first-order chi connectivity index (χ1) is 14.9. The number of aromatic nitrogens is 4. The van der Waals surface area contributed by atoms with Gasteiger partial charge in [0.15, 0.2) is 5.82 Å². The van der Waals surface area contributed by atoms with Crippen molar-refractivity contribution < 1.29 is 13.2 Å². The summed E-state index contributed by atoms with van der Waals surface area (Å²) in [5, 5.41) is 4.47. The van der Waals surface area contributed by atoms with Gasteiger partial charge in [-0.25, -0.2) is 23.1 Å². The highest BCUT2D eigenvalue weighted by molar-refractivity contribution is 7.89. The van der Waals surface area contributed by atoms with Crippen molar-refractivity contribution in [3.8, 4) is 11.6 Å². The molecule has 3 aromatic rings. The molecule has 0 radical (unpaired) electrons. The molecule has 164 valence electrons. The number of anilines is 1. The molecule has 1 fully saturated rings. The van der Waals surface area contributed by atoms with Crippen molar-refractivity contribution in [1.82, 2.24) is 24.1 Å². The van der Waals surface area contributed by atoms with Crippen molar-refractivity contribution in [2.75, 3.05) is 43.4 Å². The minimum Gasteiger partial charge on any atom is -0.492 e. The lowest BCUT2D eigenvalue weighted by atomic mass is 10.3. The maximum absolute atomic E-state index is 12.7. The van der Waals surface area contributed by atoms with Crippen LogP contribution in [0.1, 0.15) is 11.4 Å². The van der Waals surface area contributed by atoms with Crippen LogP contribution >= 0.6 is 0 Å². The van der Waals surface area contributed by atoms with Crippen molar-refractivity contribution in [3.05, 3.63) is 60.2 Å². The van der Waals surface area contributed by atoms with Crippen LogP contribution in [0.25, 0.3) is 5.82 Å². The van der Waals surface area contributed by atoms with Crippen molar-refractivity contribution >= 4 is 15.8 Å². The third-order valence-corrected chi connectivity index (χ3v) is 7.01. The zero-order chi connectivity index (χ0) is 21.8. The lowest BCUT2D eigenvalue weighted by Crippen LogP contribution is -2.50. The van der Waals surface area contributed by atoms with E-state index in [9.17, 15) is 8.42 Å². The standard InChI is InChI=1S/C21H26N6O3S/c1-17-14-18(2)27(24-17)21-15-20(22-16-23-21)25-8-10-26(11-9-25)31(28,29)13-12-30-19-6-4-3-5-7-19/h3-7,14-16H,8-13H2,1-2H3. The van der Waals surface area contributed by atoms with Gasteiger partial charge in [0.25, 0.3) is 0 Å². The molecule has 4 rings (SSSR count). The van der Waals surface area contributed by atoms with Gasteiger partial charge < -0.3 is 9.64 Å². The van der Waals surface area contributed by atoms with Gasteiger partial charge in [-0.2, -0.15) is 9.40 Å². The SMILES string of the molecule is Cc1cc(C)n(-c2cc(N3CCN(S(=O)(=O)CCOc4ccccc4)CC3)ncn2)n1. The van der Waals surface area contributed by atoms with Crippen molar-refractivity contribution in [2.45, 2.75) is 13.8 Å². The van der Waals surface area contributed by atoms with Crippen LogP contribution in [0.4, 0.5) is 5.82 Å². The van der Waals surface area contributed by atoms with Gasteiger partial charge in [0.05, 0.1) is 11.4 Å². The van der Waals surface area contributed by atoms with E-state index in [1.165, 1.54) is 10.6 Å². The fourth-order valence-electron chi connectivity index (χ4n) is 3.59. The fourth-order valence-corrected chi connectivity index (χ4v) is 4.86. The Labute approximate surface area is 182 Å². The van der Waals surface area contributed by atoms with Crippen LogP contribution in [0.3, 0.4) is 0 Å². The Morgan fingerprint density at radius 1 is 0.968 bits per heavy atom. The predicted octanol–water partition coefficient (Wildman–Crippen LogP) is 1.81. The van der Waals surface area contributed by atoms with Crippen LogP contribution in [0, 0.1) is 13.8 Å². The molecule has 31 heavy (non-hydrogen) atoms. The quantitative estimate of drug-likeness (QED) is 0.551. The molecular weight excluding hydrogens is 416 g/mol. The first kappa shape index (κ1) is 21.3. The Bertz CT molecular complexity index is 1130. The van der Waals surface area contributed by atoms with Crippen molar-refractivity contribution in [3.63, 3.8) is 0 Å². The summed E-state index contributed by atoms with van der Waals surface area (Å²) in [6.45, 7) is 5.99. The van der Waals surface area contributed by atoms with E-state index in [0.29, 0.717) is 37.7 Å². The van der Waals surface area contributed by atoms with Crippen LogP contribution < -0.4 is 9.64 Å². The molecule has 0 bridgehead atoms. The number of hydrogen-bond acceptors (Lipinski definition) is 7. The summed E-state index contributed by atoms with van der Waals surface area (Å²) in [5.41, 5.74) is 1.92. The molecule has 10 heteroatoms. The molecule has 2 aromatic heterocycles. The average Bonchev–Trinajstić information content (AvgIpc) is 3.12. The lowest BCUT2D eigenvalue weighted by Gasteiger charge is -2.34. The van der Waals surface area contributed by atoms with E-state index in [2.05, 4.69) is 20.0 Å². The summed E-state index contributed by atoms with van der Waals surface area (Å²) < 4.78 is 34.2. The summed E-state index contributed by atoms with van der Waals surface area (Å²) in [5.74, 6) is 2.09. The smallest absolute Gasteiger partial charge is 0.217 e. The molecule has 0 unspecified atom stereocenters. The maximum Gasteiger partial charge on any atom is 0.217 e. The first-order valence-electron chi connectivity index (χ1n) is 10.2. The number of sulfonamides is 1. The predicted molar refractivity (Wildman–Crippen MR) is 118 cm³/mol. The van der Waals surface area contributed by atoms with Crippen LogP contribution in [0.2, 0.25) is 0 Å². The van der Waals surface area contributed by atoms with E-state index in [-0.39, 0.29) is 12.4 Å². The number of benzene rings is 1. The molecule has 1 aliphatic heterocycles. The van der Waals surface area contributed by atoms with Crippen LogP contribution in [0.15, 0.2) is 48.8 Å². The van der Waals surface area contributed by atoms with Gasteiger partial charge in [0.2, 0.25) is 10.0 Å². The van der Waals surface area contributed by atoms with E-state index in [4.69, 9.17) is 4.74 Å². The van der Waals surface area contributed by atoms with Crippen LogP contribution in [0.5, 0.6) is 5.75 Å². The number of para-hydroxylation sites is 1. The van der Waals surface area contributed by atoms with E-state index in [1.54, 1.807) is 4.68 Å². The summed E-state index contributed by atoms with van der Waals surface area (Å²) in [7, 11) is -3.38. The monoisotopic (exact) mass is 442 g/mol. The lowest BCUT2D eigenvalue weighted by molar-refractivity contribution is 0.331. The largest absolute Gasteiger partial charge is 0.492 e. The molecule has 0 N–H and O–H groups in total. The molecule has 1 saturated heterocycles. The minimum absolute atomic E-state index is 0.0442. The number of ether oxygens (including phenoxy) is 1. The van der Waals surface area contributed by atoms with Gasteiger partial charge in [-0.1, -0.05) is 18.2 Å². The normalized spacial score (nSPS) is 15.2. The van der Waals surface area contributed by atoms with Gasteiger partial charge >= 0.3 is 0 Å². The molecule has 0 amide bonds. The van der Waals surface area contributed by atoms with Gasteiger partial charge in [-0.15, -0.1) is 0 Å². The van der Waals surface area contributed by atoms with E-state index >= 15 is 0 Å². The van der Waals surface area contributed by atoms with Crippen LogP contribution in [-0.4, -0.2) is 71.0 Å². The number of rotatable bonds is 7. The second-order valence-electron chi connectivity index (χ2n) is 7.44. The molecular formula is C21H26N6O3S. The number of piperazine rings is 1. The molecule has 1 aromatic carbocycles. The fraction of sp³-hybridized carbons (Fsp3) is 0.381. The molecule has 1 aliphatic rings. The zero-order valence-electron chi connectivity index (χ0n) is 17.7. The molecule has 9 nitrogen and oxygen atoms in total. The highest BCUT2D eigenvalue weighted by Crippen LogP contribution is 2.18. The maximum atomic E-state index is 12.7. The summed E-state index contributed by atoms with van der Waals surface area (Å²) in [6, 6.07) is 13.1. The van der Waals surface area contributed by atoms with Crippen molar-refractivity contribution in [2.24, 2.45) is 0 Å². The Hall–Kier alpha value is -2.98. The topological polar surface area (TPSA) is 93.5 Å². The van der Waals surface area contributed by atoms with Gasteiger partial charge in [0.1, 0.15) is 24.5 Å². The zero-order valence-corrected chi connectivity index (χ0v) is 18.5. The number of nitrogens with zero attached hydrogens (tertiary/aromatic N) is 6. The molecule has 3 heterocycles. The van der Waals surface area contributed by atoms with Gasteiger partial charge in [0, 0.05) is 37.9 Å². The summed E-state index contributed by atoms with van der Waals surface area (Å²) in [6.07, 6.45) is 1.52. The third kappa shape index (κ3) is 5.02. The Morgan fingerprint density at radius 2 is 1.68 bits per heavy atom. The number of aryl methyl sites for hydroxylation is 2. The van der Waals surface area contributed by atoms with Gasteiger partial charge in [-0.3, -0.25) is 0 Å². The van der Waals surface area contributed by atoms with E-state index in [0.717, 1.165) is 17.2 Å². The Morgan fingerprint density at radius 3 is 2.35 bits per heavy atom. The minimum atomic E-state index is -3.38. The molecule has 0 spiro atoms. The van der Waals surface area contributed by atoms with Crippen molar-refractivity contribution in [1.29, 1.82) is 0 Å². The Balaban J connectivity index is 1.35. The molecule has 0 saturated carbocycles. The summed E-state index contributed by atoms with van der Waals surface area (Å²) in [4.78, 5) is 10.8. The molecule has 0 aliphatic carbocycles. The van der Waals surface area contributed by atoms with E-state index in [1.807, 2.05) is 56.3 Å². The highest BCUT2D eigenvalue weighted by atomic mass is 32.2. The third-order valence-electron chi connectivity index (χ3n) is 5.17. The number of hydrogen-bond donors (Lipinski definition) is 0. The highest BCUT2D eigenvalue weighted by Gasteiger charge is 2.27. The second kappa shape index (κ2) is 9.03. The van der Waals surface area contributed by atoms with Gasteiger partial charge in [-0.05, 0) is 32.0 Å². The second-order valence-corrected chi connectivity index (χ2v) is 9.53.